The molecule has 1 heterocycles. The molecule has 84 valence electrons. The van der Waals surface area contributed by atoms with Crippen LogP contribution in [-0.2, 0) is 13.6 Å². The Kier molecular flexibility index (Phi) is 3.68. The van der Waals surface area contributed by atoms with Gasteiger partial charge >= 0.3 is 0 Å². The van der Waals surface area contributed by atoms with Gasteiger partial charge in [-0.3, -0.25) is 4.68 Å². The van der Waals surface area contributed by atoms with Gasteiger partial charge in [-0.15, -0.1) is 0 Å². The fraction of sp³-hybridized carbons (Fsp3) is 0.556. The van der Waals surface area contributed by atoms with E-state index in [1.807, 2.05) is 25.6 Å². The van der Waals surface area contributed by atoms with E-state index in [0.717, 1.165) is 11.3 Å². The Morgan fingerprint density at radius 1 is 1.80 bits per heavy atom. The van der Waals surface area contributed by atoms with Crippen LogP contribution in [0, 0.1) is 6.92 Å². The predicted molar refractivity (Wildman–Crippen MR) is 57.7 cm³/mol. The summed E-state index contributed by atoms with van der Waals surface area (Å²) < 4.78 is 1.81. The highest BCUT2D eigenvalue weighted by Gasteiger charge is 2.08. The number of aryl methyl sites for hydroxylation is 1. The molecule has 0 saturated carbocycles. The zero-order chi connectivity index (χ0) is 11.4. The van der Waals surface area contributed by atoms with Crippen LogP contribution in [0.25, 0.3) is 0 Å². The van der Waals surface area contributed by atoms with Crippen molar-refractivity contribution in [1.82, 2.24) is 15.1 Å². The molecule has 4 N–H and O–H groups in total. The molecule has 15 heavy (non-hydrogen) atoms. The number of amidine groups is 1. The summed E-state index contributed by atoms with van der Waals surface area (Å²) in [4.78, 5) is 0. The van der Waals surface area contributed by atoms with Crippen LogP contribution in [0.15, 0.2) is 11.4 Å². The minimum atomic E-state index is -0.158. The van der Waals surface area contributed by atoms with Gasteiger partial charge in [0.15, 0.2) is 5.84 Å². The highest BCUT2D eigenvalue weighted by molar-refractivity contribution is 5.84. The molecule has 1 aromatic rings. The van der Waals surface area contributed by atoms with E-state index < -0.39 is 0 Å². The average Bonchev–Trinajstić information content (AvgIpc) is 2.55. The van der Waals surface area contributed by atoms with Crippen LogP contribution in [0.2, 0.25) is 0 Å². The summed E-state index contributed by atoms with van der Waals surface area (Å²) in [5.74, 6) is 0.177. The third-order valence-electron chi connectivity index (χ3n) is 2.49. The molecule has 0 spiro atoms. The molecule has 6 nitrogen and oxygen atoms in total. The van der Waals surface area contributed by atoms with E-state index in [4.69, 9.17) is 10.9 Å². The van der Waals surface area contributed by atoms with Gasteiger partial charge in [-0.25, -0.2) is 0 Å². The largest absolute Gasteiger partial charge is 0.409 e. The van der Waals surface area contributed by atoms with Crippen LogP contribution in [0.5, 0.6) is 0 Å². The first-order valence-electron chi connectivity index (χ1n) is 4.74. The standard InChI is InChI=1S/C9H17N5O/c1-6(9(10)13-15)11-4-8-5-12-14(3)7(8)2/h5-6,11,15H,4H2,1-3H3,(H2,10,13). The van der Waals surface area contributed by atoms with Gasteiger partial charge in [-0.2, -0.15) is 5.10 Å². The van der Waals surface area contributed by atoms with E-state index in [1.54, 1.807) is 6.20 Å². The Hall–Kier alpha value is -1.56. The first-order chi connectivity index (χ1) is 7.06. The maximum Gasteiger partial charge on any atom is 0.156 e. The van der Waals surface area contributed by atoms with Gasteiger partial charge in [0.25, 0.3) is 0 Å². The second-order valence-corrected chi connectivity index (χ2v) is 3.51. The van der Waals surface area contributed by atoms with E-state index >= 15 is 0 Å². The molecule has 0 amide bonds. The lowest BCUT2D eigenvalue weighted by atomic mass is 10.2. The molecule has 1 rings (SSSR count). The molecule has 1 aromatic heterocycles. The van der Waals surface area contributed by atoms with Crippen LogP contribution in [0.3, 0.4) is 0 Å². The fourth-order valence-corrected chi connectivity index (χ4v) is 1.17. The van der Waals surface area contributed by atoms with Gasteiger partial charge in [0, 0.05) is 24.8 Å². The molecule has 1 unspecified atom stereocenters. The molecule has 1 atom stereocenters. The number of hydrogen-bond acceptors (Lipinski definition) is 4. The lowest BCUT2D eigenvalue weighted by molar-refractivity contribution is 0.315. The maximum absolute atomic E-state index is 8.47. The fourth-order valence-electron chi connectivity index (χ4n) is 1.17. The number of hydrogen-bond donors (Lipinski definition) is 3. The number of oxime groups is 1. The van der Waals surface area contributed by atoms with E-state index in [-0.39, 0.29) is 11.9 Å². The number of aromatic nitrogens is 2. The van der Waals surface area contributed by atoms with Crippen LogP contribution >= 0.6 is 0 Å². The van der Waals surface area contributed by atoms with Gasteiger partial charge < -0.3 is 16.3 Å². The van der Waals surface area contributed by atoms with Crippen molar-refractivity contribution < 1.29 is 5.21 Å². The minimum Gasteiger partial charge on any atom is -0.409 e. The number of nitrogens with two attached hydrogens (primary N) is 1. The molecule has 0 fully saturated rings. The Labute approximate surface area is 88.8 Å². The van der Waals surface area contributed by atoms with Gasteiger partial charge in [0.2, 0.25) is 0 Å². The SMILES string of the molecule is Cc1c(CNC(C)C(N)=NO)cnn1C. The molecule has 0 aliphatic rings. The quantitative estimate of drug-likeness (QED) is 0.282. The third-order valence-corrected chi connectivity index (χ3v) is 2.49. The minimum absolute atomic E-state index is 0.158. The molecular formula is C9H17N5O. The summed E-state index contributed by atoms with van der Waals surface area (Å²) in [5, 5.41) is 18.7. The monoisotopic (exact) mass is 211 g/mol. The average molecular weight is 211 g/mol. The lowest BCUT2D eigenvalue weighted by Gasteiger charge is -2.11. The topological polar surface area (TPSA) is 88.5 Å². The van der Waals surface area contributed by atoms with Crippen molar-refractivity contribution in [3.63, 3.8) is 0 Å². The Morgan fingerprint density at radius 3 is 2.93 bits per heavy atom. The summed E-state index contributed by atoms with van der Waals surface area (Å²) in [6, 6.07) is -0.158. The number of nitrogens with zero attached hydrogens (tertiary/aromatic N) is 3. The summed E-state index contributed by atoms with van der Waals surface area (Å²) in [6.07, 6.45) is 1.81. The summed E-state index contributed by atoms with van der Waals surface area (Å²) in [7, 11) is 1.89. The van der Waals surface area contributed by atoms with E-state index in [9.17, 15) is 0 Å². The normalized spacial score (nSPS) is 14.2. The van der Waals surface area contributed by atoms with Crippen LogP contribution in [0.1, 0.15) is 18.2 Å². The number of rotatable bonds is 4. The van der Waals surface area contributed by atoms with Gasteiger partial charge in [-0.1, -0.05) is 5.16 Å². The molecule has 0 aliphatic heterocycles. The lowest BCUT2D eigenvalue weighted by Crippen LogP contribution is -2.38. The molecule has 0 aromatic carbocycles. The molecule has 0 radical (unpaired) electrons. The summed E-state index contributed by atoms with van der Waals surface area (Å²) >= 11 is 0. The first kappa shape index (κ1) is 11.5. The van der Waals surface area contributed by atoms with Gasteiger partial charge in [0.05, 0.1) is 12.2 Å². The predicted octanol–water partition coefficient (Wildman–Crippen LogP) is -0.0470. The van der Waals surface area contributed by atoms with E-state index in [0.29, 0.717) is 6.54 Å². The van der Waals surface area contributed by atoms with Crippen molar-refractivity contribution in [3.05, 3.63) is 17.5 Å². The second-order valence-electron chi connectivity index (χ2n) is 3.51. The van der Waals surface area contributed by atoms with Crippen LogP contribution < -0.4 is 11.1 Å². The van der Waals surface area contributed by atoms with Gasteiger partial charge in [0.1, 0.15) is 0 Å². The number of nitrogens with one attached hydrogen (secondary N) is 1. The van der Waals surface area contributed by atoms with E-state index in [2.05, 4.69) is 15.6 Å². The Balaban J connectivity index is 2.54. The molecule has 0 aliphatic carbocycles. The highest BCUT2D eigenvalue weighted by Crippen LogP contribution is 2.04. The zero-order valence-electron chi connectivity index (χ0n) is 9.23. The van der Waals surface area contributed by atoms with Crippen molar-refractivity contribution in [2.45, 2.75) is 26.4 Å². The molecular weight excluding hydrogens is 194 g/mol. The Morgan fingerprint density at radius 2 is 2.47 bits per heavy atom. The molecule has 6 heteroatoms. The third kappa shape index (κ3) is 2.69. The van der Waals surface area contributed by atoms with Crippen molar-refractivity contribution in [2.75, 3.05) is 0 Å². The zero-order valence-corrected chi connectivity index (χ0v) is 9.23. The van der Waals surface area contributed by atoms with Crippen molar-refractivity contribution in [3.8, 4) is 0 Å². The maximum atomic E-state index is 8.47. The van der Waals surface area contributed by atoms with Crippen LogP contribution in [-0.4, -0.2) is 26.9 Å². The second kappa shape index (κ2) is 4.79. The van der Waals surface area contributed by atoms with Crippen LogP contribution in [0.4, 0.5) is 0 Å². The first-order valence-corrected chi connectivity index (χ1v) is 4.74. The highest BCUT2D eigenvalue weighted by atomic mass is 16.4. The summed E-state index contributed by atoms with van der Waals surface area (Å²) in [5.41, 5.74) is 7.65. The summed E-state index contributed by atoms with van der Waals surface area (Å²) in [6.45, 7) is 4.48. The van der Waals surface area contributed by atoms with Gasteiger partial charge in [-0.05, 0) is 13.8 Å². The Bertz CT molecular complexity index is 357. The van der Waals surface area contributed by atoms with Crippen molar-refractivity contribution >= 4 is 5.84 Å². The van der Waals surface area contributed by atoms with Crippen molar-refractivity contribution in [1.29, 1.82) is 0 Å². The van der Waals surface area contributed by atoms with Crippen molar-refractivity contribution in [2.24, 2.45) is 17.9 Å². The molecule has 0 saturated heterocycles. The molecule has 0 bridgehead atoms. The van der Waals surface area contributed by atoms with E-state index in [1.165, 1.54) is 0 Å². The smallest absolute Gasteiger partial charge is 0.156 e.